The van der Waals surface area contributed by atoms with E-state index in [0.717, 1.165) is 13.2 Å². The minimum atomic E-state index is -2.03. The smallest absolute Gasteiger partial charge is 0.361 e. The summed E-state index contributed by atoms with van der Waals surface area (Å²) >= 11 is 0. The Morgan fingerprint density at radius 2 is 1.04 bits per heavy atom. The van der Waals surface area contributed by atoms with Crippen molar-refractivity contribution in [1.29, 1.82) is 0 Å². The van der Waals surface area contributed by atoms with Gasteiger partial charge in [-0.2, -0.15) is 0 Å². The van der Waals surface area contributed by atoms with Crippen LogP contribution in [0.5, 0.6) is 0 Å². The molecule has 0 aromatic carbocycles. The normalized spacial score (nSPS) is 12.3. The highest BCUT2D eigenvalue weighted by Gasteiger charge is 2.26. The Kier molecular flexibility index (Phi) is 17.6. The molecule has 24 heavy (non-hydrogen) atoms. The summed E-state index contributed by atoms with van der Waals surface area (Å²) in [4.78, 5) is 0. The van der Waals surface area contributed by atoms with Crippen LogP contribution >= 0.6 is 0 Å². The zero-order valence-corrected chi connectivity index (χ0v) is 18.1. The molecule has 0 amide bonds. The zero-order chi connectivity index (χ0) is 17.9. The van der Waals surface area contributed by atoms with Crippen LogP contribution in [0.25, 0.3) is 0 Å². The third kappa shape index (κ3) is 15.4. The van der Waals surface area contributed by atoms with Crippen molar-refractivity contribution in [3.63, 3.8) is 0 Å². The van der Waals surface area contributed by atoms with Crippen molar-refractivity contribution >= 4 is 8.56 Å². The lowest BCUT2D eigenvalue weighted by Crippen LogP contribution is -2.36. The number of hydrogen-bond donors (Lipinski definition) is 0. The van der Waals surface area contributed by atoms with Crippen LogP contribution in [0.1, 0.15) is 104 Å². The summed E-state index contributed by atoms with van der Waals surface area (Å²) in [5.74, 6) is 0. The summed E-state index contributed by atoms with van der Waals surface area (Å²) in [7, 11) is -2.03. The van der Waals surface area contributed by atoms with Gasteiger partial charge in [-0.15, -0.1) is 0 Å². The fourth-order valence-corrected chi connectivity index (χ4v) is 5.13. The van der Waals surface area contributed by atoms with Gasteiger partial charge >= 0.3 is 8.56 Å². The van der Waals surface area contributed by atoms with E-state index in [1.807, 2.05) is 13.8 Å². The van der Waals surface area contributed by atoms with Gasteiger partial charge in [0.25, 0.3) is 0 Å². The standard InChI is InChI=1S/C21H44O2Si/c1-5-8-9-10-11-12-13-14-15-16-17-18-19-20-21-24(4,22-6-2)23-7-3/h20-21H,5-19H2,1-4H3. The summed E-state index contributed by atoms with van der Waals surface area (Å²) < 4.78 is 11.6. The van der Waals surface area contributed by atoms with Crippen LogP contribution in [0.4, 0.5) is 0 Å². The lowest BCUT2D eigenvalue weighted by Gasteiger charge is -2.22. The molecule has 0 fully saturated rings. The first-order valence-corrected chi connectivity index (χ1v) is 13.0. The molecule has 0 radical (unpaired) electrons. The van der Waals surface area contributed by atoms with Gasteiger partial charge in [0.15, 0.2) is 0 Å². The molecule has 0 saturated heterocycles. The molecule has 0 heterocycles. The van der Waals surface area contributed by atoms with Crippen molar-refractivity contribution in [1.82, 2.24) is 0 Å². The van der Waals surface area contributed by atoms with Crippen LogP contribution in [0.2, 0.25) is 6.55 Å². The van der Waals surface area contributed by atoms with Crippen LogP contribution in [-0.2, 0) is 8.85 Å². The lowest BCUT2D eigenvalue weighted by atomic mass is 10.0. The van der Waals surface area contributed by atoms with E-state index in [0.29, 0.717) is 0 Å². The fourth-order valence-electron chi connectivity index (χ4n) is 3.11. The maximum atomic E-state index is 5.81. The van der Waals surface area contributed by atoms with E-state index >= 15 is 0 Å². The second kappa shape index (κ2) is 17.7. The van der Waals surface area contributed by atoms with Crippen molar-refractivity contribution in [2.24, 2.45) is 0 Å². The monoisotopic (exact) mass is 356 g/mol. The Balaban J connectivity index is 3.42. The van der Waals surface area contributed by atoms with E-state index in [9.17, 15) is 0 Å². The van der Waals surface area contributed by atoms with Gasteiger partial charge in [0, 0.05) is 13.2 Å². The van der Waals surface area contributed by atoms with Gasteiger partial charge in [-0.25, -0.2) is 0 Å². The molecule has 0 aliphatic carbocycles. The minimum absolute atomic E-state index is 0.742. The maximum Gasteiger partial charge on any atom is 0.361 e. The van der Waals surface area contributed by atoms with E-state index in [-0.39, 0.29) is 0 Å². The predicted octanol–water partition coefficient (Wildman–Crippen LogP) is 7.32. The first kappa shape index (κ1) is 23.9. The molecule has 0 bridgehead atoms. The quantitative estimate of drug-likeness (QED) is 0.189. The predicted molar refractivity (Wildman–Crippen MR) is 110 cm³/mol. The van der Waals surface area contributed by atoms with Gasteiger partial charge < -0.3 is 8.85 Å². The van der Waals surface area contributed by atoms with E-state index in [1.165, 1.54) is 83.5 Å². The molecule has 0 unspecified atom stereocenters. The summed E-state index contributed by atoms with van der Waals surface area (Å²) in [5.41, 5.74) is 2.22. The van der Waals surface area contributed by atoms with Crippen molar-refractivity contribution in [3.8, 4) is 0 Å². The van der Waals surface area contributed by atoms with Crippen molar-refractivity contribution in [2.45, 2.75) is 111 Å². The summed E-state index contributed by atoms with van der Waals surface area (Å²) in [6.07, 6.45) is 20.4. The van der Waals surface area contributed by atoms with Crippen LogP contribution < -0.4 is 0 Å². The van der Waals surface area contributed by atoms with Crippen LogP contribution in [0.3, 0.4) is 0 Å². The van der Waals surface area contributed by atoms with E-state index < -0.39 is 8.56 Å². The Hall–Kier alpha value is -0.123. The molecule has 0 spiro atoms. The van der Waals surface area contributed by atoms with E-state index in [1.54, 1.807) is 0 Å². The van der Waals surface area contributed by atoms with Crippen molar-refractivity contribution in [2.75, 3.05) is 13.2 Å². The van der Waals surface area contributed by atoms with E-state index in [4.69, 9.17) is 8.85 Å². The Morgan fingerprint density at radius 3 is 1.46 bits per heavy atom. The zero-order valence-electron chi connectivity index (χ0n) is 17.1. The van der Waals surface area contributed by atoms with Gasteiger partial charge in [-0.3, -0.25) is 0 Å². The molecule has 0 rings (SSSR count). The SMILES string of the molecule is CCCCCCCCCCCCCCC=C[Si](C)(OCC)OCC. The number of rotatable bonds is 18. The molecule has 3 heteroatoms. The maximum absolute atomic E-state index is 5.81. The molecule has 144 valence electrons. The van der Waals surface area contributed by atoms with Gasteiger partial charge in [-0.05, 0) is 38.9 Å². The molecule has 0 aliphatic rings. The minimum Gasteiger partial charge on any atom is -0.392 e. The second-order valence-electron chi connectivity index (χ2n) is 6.96. The van der Waals surface area contributed by atoms with Crippen LogP contribution in [-0.4, -0.2) is 21.8 Å². The third-order valence-electron chi connectivity index (χ3n) is 4.51. The highest BCUT2D eigenvalue weighted by atomic mass is 28.4. The topological polar surface area (TPSA) is 18.5 Å². The molecular weight excluding hydrogens is 312 g/mol. The molecule has 0 N–H and O–H groups in total. The molecule has 0 aliphatic heterocycles. The van der Waals surface area contributed by atoms with Crippen LogP contribution in [0.15, 0.2) is 11.8 Å². The first-order chi connectivity index (χ1) is 11.7. The Bertz CT molecular complexity index is 273. The van der Waals surface area contributed by atoms with Crippen LogP contribution in [0, 0.1) is 0 Å². The van der Waals surface area contributed by atoms with Gasteiger partial charge in [-0.1, -0.05) is 83.6 Å². The molecule has 2 nitrogen and oxygen atoms in total. The molecule has 0 aromatic heterocycles. The molecule has 0 saturated carbocycles. The lowest BCUT2D eigenvalue weighted by molar-refractivity contribution is 0.201. The average Bonchev–Trinajstić information content (AvgIpc) is 2.55. The number of unbranched alkanes of at least 4 members (excludes halogenated alkanes) is 12. The van der Waals surface area contributed by atoms with Crippen molar-refractivity contribution in [3.05, 3.63) is 11.8 Å². The highest BCUT2D eigenvalue weighted by Crippen LogP contribution is 2.14. The summed E-state index contributed by atoms with van der Waals surface area (Å²) in [6, 6.07) is 0. The summed E-state index contributed by atoms with van der Waals surface area (Å²) in [5, 5.41) is 0. The number of hydrogen-bond acceptors (Lipinski definition) is 2. The van der Waals surface area contributed by atoms with E-state index in [2.05, 4.69) is 25.2 Å². The largest absolute Gasteiger partial charge is 0.392 e. The van der Waals surface area contributed by atoms with Gasteiger partial charge in [0.2, 0.25) is 0 Å². The molecule has 0 atom stereocenters. The Morgan fingerprint density at radius 1 is 0.625 bits per heavy atom. The third-order valence-corrected chi connectivity index (χ3v) is 7.07. The van der Waals surface area contributed by atoms with Crippen molar-refractivity contribution < 1.29 is 8.85 Å². The first-order valence-electron chi connectivity index (χ1n) is 10.6. The fraction of sp³-hybridized carbons (Fsp3) is 0.905. The average molecular weight is 357 g/mol. The number of allylic oxidation sites excluding steroid dienone is 1. The van der Waals surface area contributed by atoms with Gasteiger partial charge in [0.05, 0.1) is 0 Å². The second-order valence-corrected chi connectivity index (χ2v) is 9.90. The molecular formula is C21H44O2Si. The molecule has 0 aromatic rings. The Labute approximate surface area is 153 Å². The highest BCUT2D eigenvalue weighted by molar-refractivity contribution is 6.71. The summed E-state index contributed by atoms with van der Waals surface area (Å²) in [6.45, 7) is 10.00. The van der Waals surface area contributed by atoms with Gasteiger partial charge in [0.1, 0.15) is 0 Å².